The molecule has 0 unspecified atom stereocenters. The molecule has 6 nitrogen and oxygen atoms in total. The number of hydrogen-bond acceptors (Lipinski definition) is 5. The van der Waals surface area contributed by atoms with Crippen LogP contribution in [-0.2, 0) is 11.3 Å². The van der Waals surface area contributed by atoms with Gasteiger partial charge in [-0.15, -0.1) is 0 Å². The Labute approximate surface area is 196 Å². The molecule has 1 amide bonds. The van der Waals surface area contributed by atoms with Crippen molar-refractivity contribution in [3.8, 4) is 11.4 Å². The van der Waals surface area contributed by atoms with Gasteiger partial charge in [0.1, 0.15) is 6.54 Å². The maximum atomic E-state index is 13.6. The predicted octanol–water partition coefficient (Wildman–Crippen LogP) is 5.25. The molecule has 2 heterocycles. The monoisotopic (exact) mass is 446 g/mol. The molecule has 174 valence electrons. The first-order valence-corrected chi connectivity index (χ1v) is 11.9. The van der Waals surface area contributed by atoms with Crippen LogP contribution in [0.15, 0.2) is 53.1 Å². The molecule has 1 saturated heterocycles. The molecule has 1 aliphatic rings. The Hall–Kier alpha value is -3.15. The lowest BCUT2D eigenvalue weighted by molar-refractivity contribution is -0.137. The third-order valence-corrected chi connectivity index (χ3v) is 6.17. The molecule has 0 N–H and O–H groups in total. The Balaban J connectivity index is 1.47. The van der Waals surface area contributed by atoms with E-state index in [1.165, 1.54) is 16.8 Å². The molecule has 2 aromatic carbocycles. The van der Waals surface area contributed by atoms with Gasteiger partial charge in [0.2, 0.25) is 17.6 Å². The zero-order valence-electron chi connectivity index (χ0n) is 20.1. The van der Waals surface area contributed by atoms with Gasteiger partial charge in [-0.2, -0.15) is 4.98 Å². The number of rotatable bonds is 7. The minimum absolute atomic E-state index is 0.0294. The van der Waals surface area contributed by atoms with Crippen molar-refractivity contribution < 1.29 is 9.32 Å². The molecular formula is C27H34N4O2. The summed E-state index contributed by atoms with van der Waals surface area (Å²) in [5, 5.41) is 4.15. The van der Waals surface area contributed by atoms with Gasteiger partial charge in [-0.05, 0) is 44.7 Å². The van der Waals surface area contributed by atoms with E-state index in [-0.39, 0.29) is 11.8 Å². The maximum Gasteiger partial charge on any atom is 0.246 e. The molecule has 6 heteroatoms. The number of carbonyl (C=O) groups excluding carboxylic acids is 1. The van der Waals surface area contributed by atoms with Crippen molar-refractivity contribution in [2.45, 2.75) is 47.1 Å². The largest absolute Gasteiger partial charge is 0.371 e. The molecule has 3 aromatic rings. The molecule has 1 atom stereocenters. The lowest BCUT2D eigenvalue weighted by Gasteiger charge is -2.36. The van der Waals surface area contributed by atoms with E-state index >= 15 is 0 Å². The van der Waals surface area contributed by atoms with Crippen LogP contribution in [0.2, 0.25) is 0 Å². The van der Waals surface area contributed by atoms with Crippen LogP contribution >= 0.6 is 0 Å². The molecule has 0 spiro atoms. The summed E-state index contributed by atoms with van der Waals surface area (Å²) in [5.41, 5.74) is 4.53. The highest BCUT2D eigenvalue weighted by Gasteiger charge is 2.30. The Morgan fingerprint density at radius 2 is 1.76 bits per heavy atom. The summed E-state index contributed by atoms with van der Waals surface area (Å²) in [6.07, 6.45) is 1.92. The molecule has 0 bridgehead atoms. The highest BCUT2D eigenvalue weighted by molar-refractivity contribution is 5.79. The number of nitrogens with zero attached hydrogens (tertiary/aromatic N) is 4. The molecular weight excluding hydrogens is 412 g/mol. The van der Waals surface area contributed by atoms with E-state index in [1.54, 1.807) is 0 Å². The first kappa shape index (κ1) is 23.0. The molecule has 33 heavy (non-hydrogen) atoms. The highest BCUT2D eigenvalue weighted by atomic mass is 16.5. The smallest absolute Gasteiger partial charge is 0.246 e. The number of benzene rings is 2. The third-order valence-electron chi connectivity index (χ3n) is 6.17. The Morgan fingerprint density at radius 3 is 2.42 bits per heavy atom. The molecule has 0 saturated carbocycles. The van der Waals surface area contributed by atoms with Crippen LogP contribution in [-0.4, -0.2) is 40.6 Å². The van der Waals surface area contributed by atoms with E-state index in [2.05, 4.69) is 60.1 Å². The van der Waals surface area contributed by atoms with Crippen LogP contribution < -0.4 is 4.90 Å². The molecule has 0 aliphatic carbocycles. The standard InChI is InChI=1S/C27H34N4O2/c1-19(2)16-31(18-25-28-26(29-33-25)22-11-7-20(3)8-12-22)27(32)23-6-5-15-30(17-23)24-13-9-21(4)10-14-24/h7-14,19,23H,5-6,15-18H2,1-4H3/t23-/m1/s1. The first-order chi connectivity index (χ1) is 15.9. The topological polar surface area (TPSA) is 62.5 Å². The Morgan fingerprint density at radius 1 is 1.09 bits per heavy atom. The molecule has 1 aliphatic heterocycles. The quantitative estimate of drug-likeness (QED) is 0.496. The zero-order chi connectivity index (χ0) is 23.4. The van der Waals surface area contributed by atoms with Crippen molar-refractivity contribution >= 4 is 11.6 Å². The highest BCUT2D eigenvalue weighted by Crippen LogP contribution is 2.26. The zero-order valence-corrected chi connectivity index (χ0v) is 20.1. The molecule has 1 aromatic heterocycles. The van der Waals surface area contributed by atoms with Gasteiger partial charge in [-0.3, -0.25) is 4.79 Å². The van der Waals surface area contributed by atoms with Gasteiger partial charge in [0.25, 0.3) is 0 Å². The minimum atomic E-state index is -0.0294. The number of aryl methyl sites for hydroxylation is 2. The van der Waals surface area contributed by atoms with Crippen molar-refractivity contribution in [1.82, 2.24) is 15.0 Å². The number of piperidine rings is 1. The Bertz CT molecular complexity index is 1060. The van der Waals surface area contributed by atoms with Gasteiger partial charge in [-0.1, -0.05) is 66.5 Å². The van der Waals surface area contributed by atoms with E-state index in [0.717, 1.165) is 31.5 Å². The normalized spacial score (nSPS) is 16.3. The van der Waals surface area contributed by atoms with Crippen LogP contribution in [0.1, 0.15) is 43.7 Å². The number of carbonyl (C=O) groups is 1. The van der Waals surface area contributed by atoms with Crippen LogP contribution in [0.4, 0.5) is 5.69 Å². The summed E-state index contributed by atoms with van der Waals surface area (Å²) in [5.74, 6) is 1.54. The number of aromatic nitrogens is 2. The van der Waals surface area contributed by atoms with Gasteiger partial charge in [0.15, 0.2) is 0 Å². The van der Waals surface area contributed by atoms with Gasteiger partial charge in [0.05, 0.1) is 5.92 Å². The molecule has 4 rings (SSSR count). The third kappa shape index (κ3) is 5.81. The van der Waals surface area contributed by atoms with Crippen molar-refractivity contribution in [1.29, 1.82) is 0 Å². The second kappa shape index (κ2) is 10.2. The molecule has 0 radical (unpaired) electrons. The van der Waals surface area contributed by atoms with E-state index in [4.69, 9.17) is 4.52 Å². The first-order valence-electron chi connectivity index (χ1n) is 11.9. The van der Waals surface area contributed by atoms with Crippen LogP contribution in [0, 0.1) is 25.7 Å². The minimum Gasteiger partial charge on any atom is -0.371 e. The summed E-state index contributed by atoms with van der Waals surface area (Å²) in [4.78, 5) is 22.4. The second-order valence-corrected chi connectivity index (χ2v) is 9.61. The van der Waals surface area contributed by atoms with Crippen molar-refractivity contribution in [3.63, 3.8) is 0 Å². The lowest BCUT2D eigenvalue weighted by atomic mass is 9.95. The number of hydrogen-bond donors (Lipinski definition) is 0. The average molecular weight is 447 g/mol. The summed E-state index contributed by atoms with van der Waals surface area (Å²) in [6.45, 7) is 11.1. The lowest BCUT2D eigenvalue weighted by Crippen LogP contribution is -2.45. The van der Waals surface area contributed by atoms with Crippen molar-refractivity contribution in [2.75, 3.05) is 24.5 Å². The van der Waals surface area contributed by atoms with Gasteiger partial charge in [-0.25, -0.2) is 0 Å². The van der Waals surface area contributed by atoms with Crippen molar-refractivity contribution in [2.24, 2.45) is 11.8 Å². The fourth-order valence-electron chi connectivity index (χ4n) is 4.40. The van der Waals surface area contributed by atoms with Crippen molar-refractivity contribution in [3.05, 3.63) is 65.5 Å². The van der Waals surface area contributed by atoms with E-state index in [0.29, 0.717) is 30.7 Å². The van der Waals surface area contributed by atoms with Gasteiger partial charge < -0.3 is 14.3 Å². The van der Waals surface area contributed by atoms with E-state index < -0.39 is 0 Å². The van der Waals surface area contributed by atoms with Crippen LogP contribution in [0.5, 0.6) is 0 Å². The SMILES string of the molecule is Cc1ccc(-c2noc(CN(CC(C)C)C(=O)[C@@H]3CCCN(c4ccc(C)cc4)C3)n2)cc1. The van der Waals surface area contributed by atoms with Gasteiger partial charge >= 0.3 is 0 Å². The van der Waals surface area contributed by atoms with Crippen LogP contribution in [0.25, 0.3) is 11.4 Å². The number of anilines is 1. The Kier molecular flexibility index (Phi) is 7.11. The fourth-order valence-corrected chi connectivity index (χ4v) is 4.40. The van der Waals surface area contributed by atoms with E-state index in [1.807, 2.05) is 36.1 Å². The van der Waals surface area contributed by atoms with E-state index in [9.17, 15) is 4.79 Å². The van der Waals surface area contributed by atoms with Crippen LogP contribution in [0.3, 0.4) is 0 Å². The summed E-state index contributed by atoms with van der Waals surface area (Å²) < 4.78 is 5.54. The summed E-state index contributed by atoms with van der Waals surface area (Å²) in [6, 6.07) is 16.6. The summed E-state index contributed by atoms with van der Waals surface area (Å²) in [7, 11) is 0. The fraction of sp³-hybridized carbons (Fsp3) is 0.444. The predicted molar refractivity (Wildman–Crippen MR) is 131 cm³/mol. The maximum absolute atomic E-state index is 13.6. The van der Waals surface area contributed by atoms with Gasteiger partial charge in [0, 0.05) is 30.9 Å². The second-order valence-electron chi connectivity index (χ2n) is 9.61. The average Bonchev–Trinajstić information content (AvgIpc) is 3.27. The molecule has 1 fully saturated rings. The summed E-state index contributed by atoms with van der Waals surface area (Å²) >= 11 is 0. The number of amides is 1.